The Bertz CT molecular complexity index is 450. The van der Waals surface area contributed by atoms with E-state index in [1.54, 1.807) is 0 Å². The maximum Gasteiger partial charge on any atom is 0.330 e. The van der Waals surface area contributed by atoms with Gasteiger partial charge in [-0.25, -0.2) is 4.79 Å². The standard InChI is InChI=1S/C15H22N2O3/c1-10(11-5-6-11)9-17-13(19)15(7-3-2-4-8-15)12(18)16-14(17)20/h10-11H,2-9H2,1H3,(H,16,18,20). The zero-order valence-corrected chi connectivity index (χ0v) is 12.0. The van der Waals surface area contributed by atoms with Crippen molar-refractivity contribution in [3.8, 4) is 0 Å². The molecule has 5 heteroatoms. The van der Waals surface area contributed by atoms with Crippen molar-refractivity contribution in [1.82, 2.24) is 10.2 Å². The molecule has 1 heterocycles. The summed E-state index contributed by atoms with van der Waals surface area (Å²) in [5.74, 6) is 0.343. The Morgan fingerprint density at radius 1 is 1.20 bits per heavy atom. The van der Waals surface area contributed by atoms with Crippen molar-refractivity contribution in [3.63, 3.8) is 0 Å². The third kappa shape index (κ3) is 2.13. The predicted octanol–water partition coefficient (Wildman–Crippen LogP) is 2.06. The largest absolute Gasteiger partial charge is 0.330 e. The Morgan fingerprint density at radius 2 is 1.85 bits per heavy atom. The molecule has 20 heavy (non-hydrogen) atoms. The molecule has 1 unspecified atom stereocenters. The molecule has 1 saturated heterocycles. The van der Waals surface area contributed by atoms with E-state index in [0.29, 0.717) is 31.2 Å². The van der Waals surface area contributed by atoms with Gasteiger partial charge in [-0.1, -0.05) is 26.2 Å². The van der Waals surface area contributed by atoms with Gasteiger partial charge >= 0.3 is 6.03 Å². The van der Waals surface area contributed by atoms with Crippen LogP contribution in [0.25, 0.3) is 0 Å². The molecule has 1 N–H and O–H groups in total. The van der Waals surface area contributed by atoms with Crippen LogP contribution in [0, 0.1) is 17.3 Å². The lowest BCUT2D eigenvalue weighted by atomic mass is 9.71. The molecular weight excluding hydrogens is 256 g/mol. The van der Waals surface area contributed by atoms with Crippen LogP contribution in [0.3, 0.4) is 0 Å². The Labute approximate surface area is 119 Å². The monoisotopic (exact) mass is 278 g/mol. The molecule has 3 fully saturated rings. The summed E-state index contributed by atoms with van der Waals surface area (Å²) in [6.07, 6.45) is 6.38. The highest BCUT2D eigenvalue weighted by atomic mass is 16.2. The number of hydrogen-bond donors (Lipinski definition) is 1. The molecule has 4 amide bonds. The van der Waals surface area contributed by atoms with Crippen molar-refractivity contribution >= 4 is 17.8 Å². The number of nitrogens with one attached hydrogen (secondary N) is 1. The zero-order chi connectivity index (χ0) is 14.3. The molecule has 3 aliphatic rings. The van der Waals surface area contributed by atoms with Crippen molar-refractivity contribution in [2.24, 2.45) is 17.3 Å². The van der Waals surface area contributed by atoms with Crippen LogP contribution in [-0.4, -0.2) is 29.3 Å². The lowest BCUT2D eigenvalue weighted by molar-refractivity contribution is -0.154. The second kappa shape index (κ2) is 4.86. The minimum atomic E-state index is -0.963. The normalized spacial score (nSPS) is 27.6. The molecule has 0 aromatic rings. The van der Waals surface area contributed by atoms with Gasteiger partial charge in [0.2, 0.25) is 11.8 Å². The fourth-order valence-corrected chi connectivity index (χ4v) is 3.60. The van der Waals surface area contributed by atoms with E-state index in [0.717, 1.165) is 19.3 Å². The minimum absolute atomic E-state index is 0.251. The smallest absolute Gasteiger partial charge is 0.277 e. The van der Waals surface area contributed by atoms with Gasteiger partial charge in [0, 0.05) is 6.54 Å². The molecule has 1 aliphatic heterocycles. The maximum atomic E-state index is 12.7. The summed E-state index contributed by atoms with van der Waals surface area (Å²) in [4.78, 5) is 38.2. The number of amides is 4. The van der Waals surface area contributed by atoms with Crippen LogP contribution in [0.1, 0.15) is 51.9 Å². The fraction of sp³-hybridized carbons (Fsp3) is 0.800. The van der Waals surface area contributed by atoms with Gasteiger partial charge in [0.05, 0.1) is 0 Å². The van der Waals surface area contributed by atoms with Gasteiger partial charge < -0.3 is 0 Å². The molecule has 0 aromatic heterocycles. The van der Waals surface area contributed by atoms with E-state index in [9.17, 15) is 14.4 Å². The maximum absolute atomic E-state index is 12.7. The van der Waals surface area contributed by atoms with Crippen LogP contribution in [0.2, 0.25) is 0 Å². The van der Waals surface area contributed by atoms with Crippen molar-refractivity contribution in [1.29, 1.82) is 0 Å². The molecular formula is C15H22N2O3. The van der Waals surface area contributed by atoms with Crippen molar-refractivity contribution in [3.05, 3.63) is 0 Å². The number of urea groups is 1. The van der Waals surface area contributed by atoms with Gasteiger partial charge in [-0.2, -0.15) is 0 Å². The Morgan fingerprint density at radius 3 is 2.45 bits per heavy atom. The third-order valence-corrected chi connectivity index (χ3v) is 5.16. The van der Waals surface area contributed by atoms with Crippen LogP contribution in [-0.2, 0) is 9.59 Å². The van der Waals surface area contributed by atoms with Crippen LogP contribution in [0.15, 0.2) is 0 Å². The highest BCUT2D eigenvalue weighted by Crippen LogP contribution is 2.42. The SMILES string of the molecule is CC(CN1C(=O)NC(=O)C2(CCCCC2)C1=O)C1CC1. The quantitative estimate of drug-likeness (QED) is 0.804. The van der Waals surface area contributed by atoms with Gasteiger partial charge in [-0.05, 0) is 37.5 Å². The molecule has 0 aromatic carbocycles. The lowest BCUT2D eigenvalue weighted by Crippen LogP contribution is -2.64. The number of nitrogens with zero attached hydrogens (tertiary/aromatic N) is 1. The molecule has 3 rings (SSSR count). The van der Waals surface area contributed by atoms with Crippen molar-refractivity contribution < 1.29 is 14.4 Å². The number of rotatable bonds is 3. The first kappa shape index (κ1) is 13.6. The lowest BCUT2D eigenvalue weighted by Gasteiger charge is -2.42. The van der Waals surface area contributed by atoms with Gasteiger partial charge in [0.25, 0.3) is 0 Å². The van der Waals surface area contributed by atoms with E-state index in [4.69, 9.17) is 0 Å². The highest BCUT2D eigenvalue weighted by molar-refractivity contribution is 6.19. The van der Waals surface area contributed by atoms with Gasteiger partial charge in [0.15, 0.2) is 0 Å². The molecule has 2 aliphatic carbocycles. The second-order valence-electron chi connectivity index (χ2n) is 6.63. The van der Waals surface area contributed by atoms with Crippen LogP contribution < -0.4 is 5.32 Å². The van der Waals surface area contributed by atoms with Crippen LogP contribution >= 0.6 is 0 Å². The molecule has 0 bridgehead atoms. The summed E-state index contributed by atoms with van der Waals surface area (Å²) < 4.78 is 0. The first-order chi connectivity index (χ1) is 9.54. The van der Waals surface area contributed by atoms with Gasteiger partial charge in [-0.3, -0.25) is 19.8 Å². The molecule has 2 saturated carbocycles. The van der Waals surface area contributed by atoms with Crippen LogP contribution in [0.4, 0.5) is 4.79 Å². The van der Waals surface area contributed by atoms with E-state index in [1.165, 1.54) is 17.7 Å². The zero-order valence-electron chi connectivity index (χ0n) is 12.0. The average molecular weight is 278 g/mol. The molecule has 1 spiro atoms. The van der Waals surface area contributed by atoms with E-state index in [1.807, 2.05) is 0 Å². The summed E-state index contributed by atoms with van der Waals surface area (Å²) in [5, 5.41) is 2.41. The topological polar surface area (TPSA) is 66.5 Å². The minimum Gasteiger partial charge on any atom is -0.277 e. The number of carbonyl (C=O) groups is 3. The fourth-order valence-electron chi connectivity index (χ4n) is 3.60. The Hall–Kier alpha value is -1.39. The molecule has 5 nitrogen and oxygen atoms in total. The highest BCUT2D eigenvalue weighted by Gasteiger charge is 2.54. The molecule has 110 valence electrons. The number of barbiturate groups is 1. The summed E-state index contributed by atoms with van der Waals surface area (Å²) in [5.41, 5.74) is -0.963. The molecule has 0 radical (unpaired) electrons. The summed E-state index contributed by atoms with van der Waals surface area (Å²) >= 11 is 0. The number of hydrogen-bond acceptors (Lipinski definition) is 3. The summed E-state index contributed by atoms with van der Waals surface area (Å²) in [6, 6.07) is -0.524. The predicted molar refractivity (Wildman–Crippen MR) is 72.7 cm³/mol. The summed E-state index contributed by atoms with van der Waals surface area (Å²) in [6.45, 7) is 2.53. The first-order valence-electron chi connectivity index (χ1n) is 7.72. The van der Waals surface area contributed by atoms with E-state index in [2.05, 4.69) is 12.2 Å². The van der Waals surface area contributed by atoms with Gasteiger partial charge in [-0.15, -0.1) is 0 Å². The Kier molecular flexibility index (Phi) is 3.30. The average Bonchev–Trinajstić information content (AvgIpc) is 3.27. The van der Waals surface area contributed by atoms with E-state index >= 15 is 0 Å². The second-order valence-corrected chi connectivity index (χ2v) is 6.63. The summed E-state index contributed by atoms with van der Waals surface area (Å²) in [7, 11) is 0. The van der Waals surface area contributed by atoms with E-state index < -0.39 is 11.4 Å². The first-order valence-corrected chi connectivity index (χ1v) is 7.72. The van der Waals surface area contributed by atoms with Crippen LogP contribution in [0.5, 0.6) is 0 Å². The van der Waals surface area contributed by atoms with Crippen molar-refractivity contribution in [2.45, 2.75) is 51.9 Å². The Balaban J connectivity index is 1.80. The number of imide groups is 2. The number of carbonyl (C=O) groups excluding carboxylic acids is 3. The van der Waals surface area contributed by atoms with E-state index in [-0.39, 0.29) is 11.8 Å². The van der Waals surface area contributed by atoms with Crippen molar-refractivity contribution in [2.75, 3.05) is 6.54 Å². The third-order valence-electron chi connectivity index (χ3n) is 5.16. The van der Waals surface area contributed by atoms with Gasteiger partial charge in [0.1, 0.15) is 5.41 Å². The molecule has 1 atom stereocenters.